The molecule has 2 aromatic heterocycles. The zero-order chi connectivity index (χ0) is 14.0. The number of nitrogens with zero attached hydrogens (tertiary/aromatic N) is 3. The number of carboxylic acid groups (broad SMARTS) is 1. The first-order chi connectivity index (χ1) is 8.99. The molecule has 6 nitrogen and oxygen atoms in total. The largest absolute Gasteiger partial charge is 0.487 e. The Morgan fingerprint density at radius 1 is 1.47 bits per heavy atom. The zero-order valence-electron chi connectivity index (χ0n) is 11.0. The van der Waals surface area contributed by atoms with Crippen LogP contribution in [0, 0.1) is 6.92 Å². The molecular formula is C13H15N3O3. The van der Waals surface area contributed by atoms with Crippen LogP contribution in [0.2, 0.25) is 0 Å². The van der Waals surface area contributed by atoms with Crippen molar-refractivity contribution >= 4 is 5.97 Å². The first-order valence-electron chi connectivity index (χ1n) is 5.90. The zero-order valence-corrected chi connectivity index (χ0v) is 11.0. The summed E-state index contributed by atoms with van der Waals surface area (Å²) in [6.45, 7) is 5.47. The fraction of sp³-hybridized carbons (Fsp3) is 0.308. The molecule has 0 aliphatic carbocycles. The third-order valence-electron chi connectivity index (χ3n) is 2.46. The van der Waals surface area contributed by atoms with Crippen molar-refractivity contribution in [2.75, 3.05) is 0 Å². The van der Waals surface area contributed by atoms with Crippen LogP contribution < -0.4 is 4.74 Å². The monoisotopic (exact) mass is 261 g/mol. The maximum Gasteiger partial charge on any atom is 0.339 e. The predicted octanol–water partition coefficient (Wildman–Crippen LogP) is 2.06. The standard InChI is InChI=1S/C13H15N3O3/c1-8(2)19-11-5-4-6-14-12(11)16-7-10(13(17)18)9(3)15-16/h4-8H,1-3H3,(H,17,18). The van der Waals surface area contributed by atoms with E-state index < -0.39 is 5.97 Å². The highest BCUT2D eigenvalue weighted by molar-refractivity contribution is 5.88. The molecule has 0 aliphatic heterocycles. The van der Waals surface area contributed by atoms with Crippen LogP contribution in [0.15, 0.2) is 24.5 Å². The van der Waals surface area contributed by atoms with Crippen molar-refractivity contribution in [3.63, 3.8) is 0 Å². The summed E-state index contributed by atoms with van der Waals surface area (Å²) in [6.07, 6.45) is 3.05. The van der Waals surface area contributed by atoms with Gasteiger partial charge in [-0.2, -0.15) is 5.10 Å². The quantitative estimate of drug-likeness (QED) is 0.911. The first kappa shape index (κ1) is 13.1. The minimum Gasteiger partial charge on any atom is -0.487 e. The Hall–Kier alpha value is -2.37. The highest BCUT2D eigenvalue weighted by Crippen LogP contribution is 2.21. The molecule has 2 aromatic rings. The minimum absolute atomic E-state index is 0.00134. The van der Waals surface area contributed by atoms with E-state index in [0.29, 0.717) is 17.3 Å². The lowest BCUT2D eigenvalue weighted by Gasteiger charge is -2.12. The highest BCUT2D eigenvalue weighted by atomic mass is 16.5. The molecule has 0 spiro atoms. The summed E-state index contributed by atoms with van der Waals surface area (Å²) in [5, 5.41) is 13.2. The van der Waals surface area contributed by atoms with Crippen molar-refractivity contribution in [3.8, 4) is 11.6 Å². The summed E-state index contributed by atoms with van der Waals surface area (Å²) in [6, 6.07) is 3.54. The van der Waals surface area contributed by atoms with E-state index >= 15 is 0 Å². The van der Waals surface area contributed by atoms with Crippen LogP contribution in [0.3, 0.4) is 0 Å². The molecule has 0 aliphatic rings. The summed E-state index contributed by atoms with van der Waals surface area (Å²) >= 11 is 0. The Balaban J connectivity index is 2.47. The van der Waals surface area contributed by atoms with Gasteiger partial charge in [0.05, 0.1) is 11.8 Å². The summed E-state index contributed by atoms with van der Waals surface area (Å²) < 4.78 is 7.07. The minimum atomic E-state index is -1.01. The lowest BCUT2D eigenvalue weighted by molar-refractivity contribution is 0.0696. The fourth-order valence-corrected chi connectivity index (χ4v) is 1.68. The number of carboxylic acids is 1. The van der Waals surface area contributed by atoms with E-state index in [4.69, 9.17) is 9.84 Å². The molecule has 0 fully saturated rings. The maximum atomic E-state index is 11.0. The van der Waals surface area contributed by atoms with Crippen LogP contribution in [0.4, 0.5) is 0 Å². The topological polar surface area (TPSA) is 77.2 Å². The van der Waals surface area contributed by atoms with E-state index in [0.717, 1.165) is 0 Å². The molecule has 0 saturated heterocycles. The van der Waals surface area contributed by atoms with Gasteiger partial charge in [0.2, 0.25) is 0 Å². The van der Waals surface area contributed by atoms with Gasteiger partial charge in [0, 0.05) is 12.4 Å². The fourth-order valence-electron chi connectivity index (χ4n) is 1.68. The molecule has 0 bridgehead atoms. The smallest absolute Gasteiger partial charge is 0.339 e. The van der Waals surface area contributed by atoms with Crippen molar-refractivity contribution < 1.29 is 14.6 Å². The van der Waals surface area contributed by atoms with E-state index in [2.05, 4.69) is 10.1 Å². The molecule has 2 rings (SSSR count). The molecule has 1 N–H and O–H groups in total. The Kier molecular flexibility index (Phi) is 3.50. The van der Waals surface area contributed by atoms with Crippen LogP contribution in [-0.4, -0.2) is 31.9 Å². The third-order valence-corrected chi connectivity index (χ3v) is 2.46. The van der Waals surface area contributed by atoms with Gasteiger partial charge in [0.15, 0.2) is 11.6 Å². The van der Waals surface area contributed by atoms with Gasteiger partial charge >= 0.3 is 5.97 Å². The van der Waals surface area contributed by atoms with E-state index in [1.807, 2.05) is 13.8 Å². The van der Waals surface area contributed by atoms with Crippen molar-refractivity contribution in [3.05, 3.63) is 35.8 Å². The summed E-state index contributed by atoms with van der Waals surface area (Å²) in [4.78, 5) is 15.2. The normalized spacial score (nSPS) is 10.7. The van der Waals surface area contributed by atoms with Crippen LogP contribution in [0.5, 0.6) is 5.75 Å². The molecule has 19 heavy (non-hydrogen) atoms. The van der Waals surface area contributed by atoms with Crippen LogP contribution >= 0.6 is 0 Å². The van der Waals surface area contributed by atoms with E-state index in [1.54, 1.807) is 25.3 Å². The Morgan fingerprint density at radius 3 is 2.79 bits per heavy atom. The van der Waals surface area contributed by atoms with Gasteiger partial charge < -0.3 is 9.84 Å². The second kappa shape index (κ2) is 5.09. The lowest BCUT2D eigenvalue weighted by atomic mass is 10.3. The van der Waals surface area contributed by atoms with Gasteiger partial charge in [-0.1, -0.05) is 0 Å². The summed E-state index contributed by atoms with van der Waals surface area (Å²) in [5.41, 5.74) is 0.592. The number of hydrogen-bond donors (Lipinski definition) is 1. The van der Waals surface area contributed by atoms with Gasteiger partial charge in [-0.15, -0.1) is 0 Å². The average Bonchev–Trinajstić information content (AvgIpc) is 2.71. The highest BCUT2D eigenvalue weighted by Gasteiger charge is 2.16. The van der Waals surface area contributed by atoms with Gasteiger partial charge in [0.25, 0.3) is 0 Å². The van der Waals surface area contributed by atoms with Crippen molar-refractivity contribution in [2.45, 2.75) is 26.9 Å². The molecular weight excluding hydrogens is 246 g/mol. The number of carbonyl (C=O) groups is 1. The van der Waals surface area contributed by atoms with Crippen LogP contribution in [0.25, 0.3) is 5.82 Å². The molecule has 0 unspecified atom stereocenters. The van der Waals surface area contributed by atoms with E-state index in [9.17, 15) is 4.79 Å². The number of aromatic carboxylic acids is 1. The van der Waals surface area contributed by atoms with E-state index in [-0.39, 0.29) is 11.7 Å². The predicted molar refractivity (Wildman–Crippen MR) is 68.8 cm³/mol. The Bertz CT molecular complexity index is 605. The number of rotatable bonds is 4. The number of aryl methyl sites for hydroxylation is 1. The third kappa shape index (κ3) is 2.73. The van der Waals surface area contributed by atoms with Gasteiger partial charge in [0.1, 0.15) is 5.56 Å². The van der Waals surface area contributed by atoms with Crippen molar-refractivity contribution in [2.24, 2.45) is 0 Å². The number of aromatic nitrogens is 3. The van der Waals surface area contributed by atoms with Crippen molar-refractivity contribution in [1.29, 1.82) is 0 Å². The maximum absolute atomic E-state index is 11.0. The molecule has 0 saturated carbocycles. The van der Waals surface area contributed by atoms with Crippen LogP contribution in [-0.2, 0) is 0 Å². The van der Waals surface area contributed by atoms with Crippen molar-refractivity contribution in [1.82, 2.24) is 14.8 Å². The number of pyridine rings is 1. The van der Waals surface area contributed by atoms with Gasteiger partial charge in [-0.25, -0.2) is 14.5 Å². The molecule has 6 heteroatoms. The summed E-state index contributed by atoms with van der Waals surface area (Å²) in [5.74, 6) is 0.0368. The molecule has 0 aromatic carbocycles. The Morgan fingerprint density at radius 2 is 2.21 bits per heavy atom. The molecule has 0 radical (unpaired) electrons. The first-order valence-corrected chi connectivity index (χ1v) is 5.90. The second-order valence-electron chi connectivity index (χ2n) is 4.37. The number of hydrogen-bond acceptors (Lipinski definition) is 4. The van der Waals surface area contributed by atoms with Gasteiger partial charge in [-0.05, 0) is 32.9 Å². The Labute approximate surface area is 110 Å². The average molecular weight is 261 g/mol. The SMILES string of the molecule is Cc1nn(-c2ncccc2OC(C)C)cc1C(=O)O. The van der Waals surface area contributed by atoms with E-state index in [1.165, 1.54) is 10.9 Å². The number of ether oxygens (including phenoxy) is 1. The molecule has 100 valence electrons. The second-order valence-corrected chi connectivity index (χ2v) is 4.37. The summed E-state index contributed by atoms with van der Waals surface area (Å²) in [7, 11) is 0. The molecule has 0 amide bonds. The lowest BCUT2D eigenvalue weighted by Crippen LogP contribution is -2.09. The molecule has 2 heterocycles. The van der Waals surface area contributed by atoms with Crippen LogP contribution in [0.1, 0.15) is 29.9 Å². The van der Waals surface area contributed by atoms with Gasteiger partial charge in [-0.3, -0.25) is 0 Å². The molecule has 0 atom stereocenters.